The van der Waals surface area contributed by atoms with Gasteiger partial charge in [0.25, 0.3) is 0 Å². The van der Waals surface area contributed by atoms with Gasteiger partial charge in [0.1, 0.15) is 0 Å². The van der Waals surface area contributed by atoms with Crippen molar-refractivity contribution in [3.8, 4) is 51.2 Å². The Morgan fingerprint density at radius 1 is 0.480 bits per heavy atom. The Morgan fingerprint density at radius 3 is 1.69 bits per heavy atom. The van der Waals surface area contributed by atoms with Crippen LogP contribution in [0.15, 0.2) is 206 Å². The SMILES string of the molecule is COc1cccc(-c2cccc(-c3cccc(OC)c3)c2N2c3cc(-n4c5ccccc5c5ccccc54)ccc3B3c4ccc(-n5c6ccc(C#N)cc6c6cc(C(C)(C)C)ccc65)cc4[Te]c4cccc2c43)c1. The van der Waals surface area contributed by atoms with Gasteiger partial charge in [-0.15, -0.1) is 0 Å². The van der Waals surface area contributed by atoms with E-state index in [-0.39, 0.29) is 12.1 Å². The van der Waals surface area contributed by atoms with E-state index >= 15 is 0 Å². The van der Waals surface area contributed by atoms with Crippen LogP contribution in [0.3, 0.4) is 0 Å². The molecule has 0 saturated carbocycles. The molecule has 8 heteroatoms. The maximum absolute atomic E-state index is 10.1. The molecule has 6 nitrogen and oxygen atoms in total. The Balaban J connectivity index is 1.04. The Kier molecular flexibility index (Phi) is 10.4. The van der Waals surface area contributed by atoms with Crippen LogP contribution in [0.1, 0.15) is 31.9 Å². The molecule has 4 heterocycles. The van der Waals surface area contributed by atoms with Crippen LogP contribution in [0, 0.1) is 11.3 Å². The molecule has 75 heavy (non-hydrogen) atoms. The average Bonchev–Trinajstić information content (AvgIpc) is 4.05. The van der Waals surface area contributed by atoms with Crippen molar-refractivity contribution >= 4 is 112 Å². The van der Waals surface area contributed by atoms with Crippen LogP contribution in [0.2, 0.25) is 0 Å². The first kappa shape index (κ1) is 45.2. The van der Waals surface area contributed by atoms with E-state index in [9.17, 15) is 5.26 Å². The number of ether oxygens (including phenoxy) is 2. The van der Waals surface area contributed by atoms with Crippen molar-refractivity contribution in [1.29, 1.82) is 5.26 Å². The number of fused-ring (bicyclic) bond motifs is 10. The van der Waals surface area contributed by atoms with Crippen molar-refractivity contribution in [3.05, 3.63) is 217 Å². The van der Waals surface area contributed by atoms with Gasteiger partial charge in [0, 0.05) is 0 Å². The summed E-state index contributed by atoms with van der Waals surface area (Å²) < 4.78 is 19.5. The number of rotatable bonds is 7. The number of aromatic nitrogens is 2. The van der Waals surface area contributed by atoms with Gasteiger partial charge in [-0.1, -0.05) is 0 Å². The molecule has 10 aromatic carbocycles. The molecule has 14 rings (SSSR count). The number of methoxy groups -OCH3 is 2. The fourth-order valence-electron chi connectivity index (χ4n) is 12.0. The second kappa shape index (κ2) is 17.3. The monoisotopic (exact) mass is 1080 g/mol. The molecule has 0 unspecified atom stereocenters. The molecule has 0 N–H and O–H groups in total. The van der Waals surface area contributed by atoms with Crippen LogP contribution < -0.4 is 38.0 Å². The molecular formula is C67H49BN4O2Te. The minimum absolute atomic E-state index is 0.0208. The van der Waals surface area contributed by atoms with Gasteiger partial charge in [-0.25, -0.2) is 0 Å². The van der Waals surface area contributed by atoms with Crippen LogP contribution in [-0.4, -0.2) is 51.0 Å². The van der Waals surface area contributed by atoms with E-state index in [1.165, 1.54) is 62.1 Å². The fraction of sp³-hybridized carbons (Fsp3) is 0.0896. The van der Waals surface area contributed by atoms with Crippen LogP contribution in [0.4, 0.5) is 17.1 Å². The summed E-state index contributed by atoms with van der Waals surface area (Å²) in [6, 6.07) is 78.1. The summed E-state index contributed by atoms with van der Waals surface area (Å²) in [4.78, 5) is 2.58. The number of benzene rings is 10. The number of hydrogen-bond donors (Lipinski definition) is 0. The summed E-state index contributed by atoms with van der Waals surface area (Å²) in [5.41, 5.74) is 20.5. The quantitative estimate of drug-likeness (QED) is 0.149. The van der Waals surface area contributed by atoms with Gasteiger partial charge in [0.05, 0.1) is 0 Å². The maximum atomic E-state index is 10.1. The molecule has 0 saturated heterocycles. The van der Waals surface area contributed by atoms with E-state index in [1.54, 1.807) is 14.2 Å². The first-order valence-corrected chi connectivity index (χ1v) is 27.8. The van der Waals surface area contributed by atoms with E-state index in [2.05, 4.69) is 229 Å². The number of hydrogen-bond acceptors (Lipinski definition) is 4. The summed E-state index contributed by atoms with van der Waals surface area (Å²) in [7, 11) is 3.48. The predicted molar refractivity (Wildman–Crippen MR) is 313 cm³/mol. The van der Waals surface area contributed by atoms with Crippen molar-refractivity contribution in [1.82, 2.24) is 9.13 Å². The Morgan fingerprint density at radius 2 is 1.05 bits per heavy atom. The first-order chi connectivity index (χ1) is 36.7. The molecule has 2 aliphatic heterocycles. The molecule has 12 aromatic rings. The third-order valence-electron chi connectivity index (χ3n) is 15.5. The van der Waals surface area contributed by atoms with E-state index < -0.39 is 20.9 Å². The molecule has 0 atom stereocenters. The van der Waals surface area contributed by atoms with Crippen molar-refractivity contribution in [2.24, 2.45) is 0 Å². The van der Waals surface area contributed by atoms with Gasteiger partial charge < -0.3 is 0 Å². The summed E-state index contributed by atoms with van der Waals surface area (Å²) in [5, 5.41) is 14.8. The van der Waals surface area contributed by atoms with Gasteiger partial charge in [-0.2, -0.15) is 0 Å². The number of nitriles is 1. The zero-order chi connectivity index (χ0) is 50.7. The van der Waals surface area contributed by atoms with Gasteiger partial charge in [0.15, 0.2) is 0 Å². The summed E-state index contributed by atoms with van der Waals surface area (Å²) in [6.07, 6.45) is 0. The Hall–Kier alpha value is -8.46. The van der Waals surface area contributed by atoms with E-state index in [4.69, 9.17) is 9.47 Å². The molecule has 0 fully saturated rings. The van der Waals surface area contributed by atoms with E-state index in [0.29, 0.717) is 5.56 Å². The molecule has 2 aliphatic rings. The summed E-state index contributed by atoms with van der Waals surface area (Å²) in [5.74, 6) is 1.61. The molecule has 358 valence electrons. The zero-order valence-electron chi connectivity index (χ0n) is 42.2. The van der Waals surface area contributed by atoms with Crippen molar-refractivity contribution in [3.63, 3.8) is 0 Å². The number of para-hydroxylation sites is 3. The van der Waals surface area contributed by atoms with Gasteiger partial charge in [-0.3, -0.25) is 0 Å². The Labute approximate surface area is 446 Å². The van der Waals surface area contributed by atoms with Crippen LogP contribution in [-0.2, 0) is 5.41 Å². The van der Waals surface area contributed by atoms with Crippen LogP contribution in [0.5, 0.6) is 11.5 Å². The summed E-state index contributed by atoms with van der Waals surface area (Å²) >= 11 is -0.907. The predicted octanol–water partition coefficient (Wildman–Crippen LogP) is 12.7. The zero-order valence-corrected chi connectivity index (χ0v) is 44.6. The third-order valence-corrected chi connectivity index (χ3v) is 18.8. The van der Waals surface area contributed by atoms with Gasteiger partial charge in [-0.05, 0) is 0 Å². The molecule has 0 aliphatic carbocycles. The van der Waals surface area contributed by atoms with Gasteiger partial charge in [0.2, 0.25) is 0 Å². The van der Waals surface area contributed by atoms with E-state index in [0.717, 1.165) is 72.9 Å². The fourth-order valence-corrected chi connectivity index (χ4v) is 15.5. The molecular weight excluding hydrogens is 1030 g/mol. The normalized spacial score (nSPS) is 12.7. The molecule has 0 spiro atoms. The second-order valence-electron chi connectivity index (χ2n) is 20.7. The molecule has 0 amide bonds. The first-order valence-electron chi connectivity index (χ1n) is 25.5. The molecule has 0 radical (unpaired) electrons. The topological polar surface area (TPSA) is 55.4 Å². The molecule has 0 bridgehead atoms. The van der Waals surface area contributed by atoms with Crippen molar-refractivity contribution in [2.75, 3.05) is 19.1 Å². The average molecular weight is 1080 g/mol. The van der Waals surface area contributed by atoms with Crippen LogP contribution in [0.25, 0.3) is 77.2 Å². The minimum atomic E-state index is -0.907. The second-order valence-corrected chi connectivity index (χ2v) is 23.8. The van der Waals surface area contributed by atoms with Gasteiger partial charge >= 0.3 is 450 Å². The van der Waals surface area contributed by atoms with Crippen molar-refractivity contribution in [2.45, 2.75) is 26.2 Å². The van der Waals surface area contributed by atoms with Crippen LogP contribution >= 0.6 is 0 Å². The standard InChI is InChI=1S/C67H49BN4O2Te/c1-67(2,3)44-27-33-60-54(37-44)53-34-41(40-69)26-32-59(53)71(60)46-29-31-56-64(39-46)75-63-25-13-24-61-65(63)68(56)55-30-28-45(70-57-22-8-6-18-51(57)52-19-7-9-23-58(52)70)38-62(55)72(61)66-49(42-14-10-16-47(35-42)73-4)20-12-21-50(66)43-15-11-17-48(36-43)74-5/h6-39H,1-5H3. The van der Waals surface area contributed by atoms with Crippen molar-refractivity contribution < 1.29 is 9.47 Å². The number of anilines is 3. The number of nitrogens with zero attached hydrogens (tertiary/aromatic N) is 4. The Bertz CT molecular complexity index is 4280. The van der Waals surface area contributed by atoms with E-state index in [1.807, 2.05) is 18.2 Å². The molecule has 2 aromatic heterocycles. The summed E-state index contributed by atoms with van der Waals surface area (Å²) in [6.45, 7) is 6.77. The third kappa shape index (κ3) is 7.07.